The average molecular weight is 356 g/mol. The highest BCUT2D eigenvalue weighted by Gasteiger charge is 2.05. The molecule has 0 amide bonds. The number of anilines is 3. The summed E-state index contributed by atoms with van der Waals surface area (Å²) in [6, 6.07) is 7.47. The van der Waals surface area contributed by atoms with E-state index in [1.165, 1.54) is 0 Å². The van der Waals surface area contributed by atoms with Gasteiger partial charge in [0.2, 0.25) is 5.95 Å². The van der Waals surface area contributed by atoms with Gasteiger partial charge in [-0.1, -0.05) is 18.5 Å². The van der Waals surface area contributed by atoms with Gasteiger partial charge in [0, 0.05) is 27.8 Å². The van der Waals surface area contributed by atoms with Gasteiger partial charge >= 0.3 is 0 Å². The Balaban J connectivity index is 2.24. The molecule has 0 unspecified atom stereocenters. The van der Waals surface area contributed by atoms with Crippen molar-refractivity contribution in [1.29, 1.82) is 0 Å². The maximum Gasteiger partial charge on any atom is 0.224 e. The Morgan fingerprint density at radius 2 is 2.05 bits per heavy atom. The third kappa shape index (κ3) is 4.08. The normalized spacial score (nSPS) is 10.4. The lowest BCUT2D eigenvalue weighted by Gasteiger charge is -2.11. The fourth-order valence-corrected chi connectivity index (χ4v) is 2.20. The van der Waals surface area contributed by atoms with Gasteiger partial charge in [-0.2, -0.15) is 4.98 Å². The average Bonchev–Trinajstić information content (AvgIpc) is 2.40. The van der Waals surface area contributed by atoms with Gasteiger partial charge in [-0.15, -0.1) is 0 Å². The second-order valence-corrected chi connectivity index (χ2v) is 5.68. The van der Waals surface area contributed by atoms with Gasteiger partial charge in [0.25, 0.3) is 0 Å². The number of rotatable bonds is 5. The van der Waals surface area contributed by atoms with Crippen LogP contribution in [0.15, 0.2) is 28.7 Å². The van der Waals surface area contributed by atoms with Crippen LogP contribution in [0.5, 0.6) is 0 Å². The van der Waals surface area contributed by atoms with Crippen LogP contribution in [0.1, 0.15) is 19.0 Å². The summed E-state index contributed by atoms with van der Waals surface area (Å²) in [4.78, 5) is 8.79. The van der Waals surface area contributed by atoms with Crippen LogP contribution in [0.25, 0.3) is 0 Å². The second-order valence-electron chi connectivity index (χ2n) is 4.39. The number of aromatic nitrogens is 2. The summed E-state index contributed by atoms with van der Waals surface area (Å²) in [6.45, 7) is 4.89. The van der Waals surface area contributed by atoms with E-state index in [-0.39, 0.29) is 0 Å². The Morgan fingerprint density at radius 3 is 2.80 bits per heavy atom. The molecule has 0 radical (unpaired) electrons. The first-order valence-corrected chi connectivity index (χ1v) is 7.57. The summed E-state index contributed by atoms with van der Waals surface area (Å²) in [7, 11) is 0. The minimum absolute atomic E-state index is 0.632. The summed E-state index contributed by atoms with van der Waals surface area (Å²) in [5.74, 6) is 1.37. The molecule has 1 aromatic carbocycles. The van der Waals surface area contributed by atoms with Gasteiger partial charge < -0.3 is 10.6 Å². The Morgan fingerprint density at radius 1 is 1.25 bits per heavy atom. The maximum absolute atomic E-state index is 6.01. The molecule has 0 saturated carbocycles. The molecule has 0 aliphatic heterocycles. The molecule has 0 aliphatic rings. The lowest BCUT2D eigenvalue weighted by molar-refractivity contribution is 0.947. The molecule has 2 N–H and O–H groups in total. The van der Waals surface area contributed by atoms with Crippen molar-refractivity contribution < 1.29 is 0 Å². The fraction of sp³-hybridized carbons (Fsp3) is 0.286. The summed E-state index contributed by atoms with van der Waals surface area (Å²) < 4.78 is 0.932. The quantitative estimate of drug-likeness (QED) is 0.811. The smallest absolute Gasteiger partial charge is 0.224 e. The van der Waals surface area contributed by atoms with Crippen LogP contribution in [0, 0.1) is 6.92 Å². The first kappa shape index (κ1) is 15.1. The number of aryl methyl sites for hydroxylation is 1. The van der Waals surface area contributed by atoms with Gasteiger partial charge in [0.15, 0.2) is 0 Å². The third-order valence-corrected chi connectivity index (χ3v) is 3.51. The molecule has 2 rings (SSSR count). The molecule has 20 heavy (non-hydrogen) atoms. The monoisotopic (exact) mass is 354 g/mol. The molecule has 1 aromatic heterocycles. The van der Waals surface area contributed by atoms with Gasteiger partial charge in [0.05, 0.1) is 5.69 Å². The van der Waals surface area contributed by atoms with E-state index in [9.17, 15) is 0 Å². The van der Waals surface area contributed by atoms with E-state index >= 15 is 0 Å². The van der Waals surface area contributed by atoms with Crippen LogP contribution >= 0.6 is 27.5 Å². The topological polar surface area (TPSA) is 49.8 Å². The predicted molar refractivity (Wildman–Crippen MR) is 88.0 cm³/mol. The van der Waals surface area contributed by atoms with E-state index in [4.69, 9.17) is 11.6 Å². The highest BCUT2D eigenvalue weighted by atomic mass is 79.9. The van der Waals surface area contributed by atoms with Gasteiger partial charge in [-0.3, -0.25) is 0 Å². The molecule has 0 fully saturated rings. The first-order chi connectivity index (χ1) is 9.58. The Hall–Kier alpha value is -1.33. The number of hydrogen-bond donors (Lipinski definition) is 2. The van der Waals surface area contributed by atoms with Crippen molar-refractivity contribution in [3.05, 3.63) is 39.5 Å². The zero-order valence-corrected chi connectivity index (χ0v) is 13.7. The number of benzene rings is 1. The Bertz CT molecular complexity index is 604. The maximum atomic E-state index is 6.01. The lowest BCUT2D eigenvalue weighted by atomic mass is 10.3. The number of nitrogens with zero attached hydrogens (tertiary/aromatic N) is 2. The molecule has 4 nitrogen and oxygen atoms in total. The minimum Gasteiger partial charge on any atom is -0.354 e. The van der Waals surface area contributed by atoms with E-state index < -0.39 is 0 Å². The van der Waals surface area contributed by atoms with Crippen LogP contribution in [-0.2, 0) is 0 Å². The zero-order valence-electron chi connectivity index (χ0n) is 11.4. The van der Waals surface area contributed by atoms with Crippen molar-refractivity contribution >= 4 is 45.0 Å². The number of halogens is 2. The van der Waals surface area contributed by atoms with Crippen molar-refractivity contribution in [3.63, 3.8) is 0 Å². The highest BCUT2D eigenvalue weighted by molar-refractivity contribution is 9.10. The van der Waals surface area contributed by atoms with Gasteiger partial charge in [-0.25, -0.2) is 4.98 Å². The van der Waals surface area contributed by atoms with E-state index in [1.54, 1.807) is 0 Å². The van der Waals surface area contributed by atoms with E-state index in [0.29, 0.717) is 11.0 Å². The molecule has 0 bridgehead atoms. The molecule has 106 valence electrons. The van der Waals surface area contributed by atoms with Crippen molar-refractivity contribution in [2.45, 2.75) is 20.3 Å². The van der Waals surface area contributed by atoms with Gasteiger partial charge in [-0.05, 0) is 47.5 Å². The van der Waals surface area contributed by atoms with Crippen LogP contribution in [0.3, 0.4) is 0 Å². The second kappa shape index (κ2) is 6.90. The summed E-state index contributed by atoms with van der Waals surface area (Å²) in [6.07, 6.45) is 1.03. The van der Waals surface area contributed by atoms with Crippen molar-refractivity contribution in [2.75, 3.05) is 17.2 Å². The standard InChI is InChI=1S/C14H16BrClN4/c1-3-6-17-14-18-9(2)7-13(20-14)19-12-8-10(16)4-5-11(12)15/h4-5,7-8H,3,6H2,1-2H3,(H2,17,18,19,20). The minimum atomic E-state index is 0.632. The van der Waals surface area contributed by atoms with Crippen LogP contribution in [0.4, 0.5) is 17.5 Å². The molecule has 0 spiro atoms. The predicted octanol–water partition coefficient (Wildman–Crippen LogP) is 4.77. The van der Waals surface area contributed by atoms with E-state index in [1.807, 2.05) is 31.2 Å². The Kier molecular flexibility index (Phi) is 5.20. The lowest BCUT2D eigenvalue weighted by Crippen LogP contribution is -2.07. The van der Waals surface area contributed by atoms with Crippen LogP contribution in [-0.4, -0.2) is 16.5 Å². The number of nitrogens with one attached hydrogen (secondary N) is 2. The highest BCUT2D eigenvalue weighted by Crippen LogP contribution is 2.28. The van der Waals surface area contributed by atoms with Crippen LogP contribution < -0.4 is 10.6 Å². The molecular formula is C14H16BrClN4. The zero-order chi connectivity index (χ0) is 14.5. The molecule has 1 heterocycles. The van der Waals surface area contributed by atoms with Crippen molar-refractivity contribution in [1.82, 2.24) is 9.97 Å². The molecule has 6 heteroatoms. The summed E-state index contributed by atoms with van der Waals surface area (Å²) in [5, 5.41) is 7.11. The molecular weight excluding hydrogens is 340 g/mol. The molecule has 0 aliphatic carbocycles. The van der Waals surface area contributed by atoms with E-state index in [2.05, 4.69) is 43.5 Å². The summed E-state index contributed by atoms with van der Waals surface area (Å²) in [5.41, 5.74) is 1.77. The third-order valence-electron chi connectivity index (χ3n) is 2.58. The number of hydrogen-bond acceptors (Lipinski definition) is 4. The molecule has 0 atom stereocenters. The van der Waals surface area contributed by atoms with E-state index in [0.717, 1.165) is 34.6 Å². The molecule has 0 saturated heterocycles. The van der Waals surface area contributed by atoms with Gasteiger partial charge in [0.1, 0.15) is 5.82 Å². The van der Waals surface area contributed by atoms with Crippen LogP contribution in [0.2, 0.25) is 5.02 Å². The Labute approximate surface area is 132 Å². The largest absolute Gasteiger partial charge is 0.354 e. The summed E-state index contributed by atoms with van der Waals surface area (Å²) >= 11 is 9.49. The molecule has 2 aromatic rings. The van der Waals surface area contributed by atoms with Crippen molar-refractivity contribution in [3.8, 4) is 0 Å². The first-order valence-electron chi connectivity index (χ1n) is 6.40. The SMILES string of the molecule is CCCNc1nc(C)cc(Nc2cc(Cl)ccc2Br)n1. The van der Waals surface area contributed by atoms with Crippen molar-refractivity contribution in [2.24, 2.45) is 0 Å². The fourth-order valence-electron chi connectivity index (χ4n) is 1.68.